The van der Waals surface area contributed by atoms with Crippen LogP contribution >= 0.6 is 11.8 Å². The number of aromatic nitrogens is 2. The number of nitrogens with one attached hydrogen (secondary N) is 1. The van der Waals surface area contributed by atoms with Gasteiger partial charge in [-0.3, -0.25) is 9.48 Å². The van der Waals surface area contributed by atoms with Crippen LogP contribution < -0.4 is 5.32 Å². The molecular weight excluding hydrogens is 392 g/mol. The molecule has 162 valence electrons. The van der Waals surface area contributed by atoms with Gasteiger partial charge in [0.25, 0.3) is 5.91 Å². The maximum absolute atomic E-state index is 12.9. The van der Waals surface area contributed by atoms with Crippen LogP contribution in [-0.4, -0.2) is 41.2 Å². The fraction of sp³-hybridized carbons (Fsp3) is 0.500. The number of likely N-dealkylation sites (N-methyl/N-ethyl adjacent to an activating group) is 1. The van der Waals surface area contributed by atoms with Gasteiger partial charge in [0.1, 0.15) is 0 Å². The maximum atomic E-state index is 12.9. The van der Waals surface area contributed by atoms with Crippen molar-refractivity contribution in [2.24, 2.45) is 0 Å². The molecule has 1 saturated carbocycles. The van der Waals surface area contributed by atoms with Gasteiger partial charge in [0.2, 0.25) is 0 Å². The molecule has 1 heterocycles. The van der Waals surface area contributed by atoms with Crippen molar-refractivity contribution in [3.8, 4) is 0 Å². The van der Waals surface area contributed by atoms with Crippen LogP contribution in [0.1, 0.15) is 56.3 Å². The van der Waals surface area contributed by atoms with Crippen LogP contribution in [0.4, 0.5) is 5.69 Å². The lowest BCUT2D eigenvalue weighted by Crippen LogP contribution is -2.17. The van der Waals surface area contributed by atoms with Crippen LogP contribution in [-0.2, 0) is 11.2 Å². The molecule has 0 radical (unpaired) electrons. The van der Waals surface area contributed by atoms with E-state index in [2.05, 4.69) is 47.2 Å². The zero-order chi connectivity index (χ0) is 21.5. The standard InChI is InChI=1S/C24H34N4OS/c1-5-22(24(29)25-20-13-11-19(12-14-20)15-16-27(3)4)30-23-17-18(2)26-28(23)21-9-7-6-8-10-21/h5,11-14,17,21H,6-10,15-16H2,1-4H3,(H,25,29)/b22-5-. The Hall–Kier alpha value is -2.05. The minimum absolute atomic E-state index is 0.0717. The van der Waals surface area contributed by atoms with Gasteiger partial charge in [0.15, 0.2) is 0 Å². The van der Waals surface area contributed by atoms with Crippen LogP contribution in [0.25, 0.3) is 0 Å². The largest absolute Gasteiger partial charge is 0.322 e. The summed E-state index contributed by atoms with van der Waals surface area (Å²) in [6.07, 6.45) is 9.07. The summed E-state index contributed by atoms with van der Waals surface area (Å²) in [7, 11) is 4.15. The highest BCUT2D eigenvalue weighted by molar-refractivity contribution is 8.04. The first-order valence-corrected chi connectivity index (χ1v) is 11.7. The summed E-state index contributed by atoms with van der Waals surface area (Å²) in [5.41, 5.74) is 3.10. The van der Waals surface area contributed by atoms with Crippen molar-refractivity contribution in [3.63, 3.8) is 0 Å². The molecule has 1 aromatic heterocycles. The molecule has 2 aromatic rings. The highest BCUT2D eigenvalue weighted by Gasteiger charge is 2.21. The van der Waals surface area contributed by atoms with Crippen molar-refractivity contribution in [1.29, 1.82) is 0 Å². The topological polar surface area (TPSA) is 50.2 Å². The molecule has 1 N–H and O–H groups in total. The Morgan fingerprint density at radius 1 is 1.23 bits per heavy atom. The van der Waals surface area contributed by atoms with Crippen molar-refractivity contribution in [1.82, 2.24) is 14.7 Å². The van der Waals surface area contributed by atoms with Crippen LogP contribution in [0.3, 0.4) is 0 Å². The SMILES string of the molecule is C/C=C(\Sc1cc(C)nn1C1CCCCC1)C(=O)Nc1ccc(CCN(C)C)cc1. The molecule has 0 saturated heterocycles. The zero-order valence-corrected chi connectivity index (χ0v) is 19.5. The molecule has 1 fully saturated rings. The minimum Gasteiger partial charge on any atom is -0.322 e. The van der Waals surface area contributed by atoms with Crippen LogP contribution in [0.5, 0.6) is 0 Å². The predicted molar refractivity (Wildman–Crippen MR) is 126 cm³/mol. The van der Waals surface area contributed by atoms with Gasteiger partial charge in [-0.05, 0) is 71.0 Å². The second kappa shape index (κ2) is 10.8. The van der Waals surface area contributed by atoms with E-state index in [-0.39, 0.29) is 5.91 Å². The molecular formula is C24H34N4OS. The van der Waals surface area contributed by atoms with Crippen molar-refractivity contribution in [2.75, 3.05) is 26.0 Å². The normalized spacial score (nSPS) is 15.6. The molecule has 1 aromatic carbocycles. The monoisotopic (exact) mass is 426 g/mol. The average Bonchev–Trinajstić information content (AvgIpc) is 3.12. The third-order valence-corrected chi connectivity index (χ3v) is 6.66. The molecule has 0 bridgehead atoms. The van der Waals surface area contributed by atoms with Gasteiger partial charge in [0.05, 0.1) is 21.7 Å². The van der Waals surface area contributed by atoms with Crippen molar-refractivity contribution in [2.45, 2.75) is 63.4 Å². The number of nitrogens with zero attached hydrogens (tertiary/aromatic N) is 3. The Kier molecular flexibility index (Phi) is 8.16. The second-order valence-corrected chi connectivity index (χ2v) is 9.38. The maximum Gasteiger partial charge on any atom is 0.262 e. The number of anilines is 1. The lowest BCUT2D eigenvalue weighted by Gasteiger charge is -2.23. The Morgan fingerprint density at radius 2 is 1.93 bits per heavy atom. The van der Waals surface area contributed by atoms with E-state index in [1.165, 1.54) is 49.4 Å². The fourth-order valence-electron chi connectivity index (χ4n) is 3.81. The fourth-order valence-corrected chi connectivity index (χ4v) is 4.81. The summed E-state index contributed by atoms with van der Waals surface area (Å²) in [5.74, 6) is -0.0717. The van der Waals surface area contributed by atoms with Gasteiger partial charge >= 0.3 is 0 Å². The summed E-state index contributed by atoms with van der Waals surface area (Å²) < 4.78 is 2.15. The van der Waals surface area contributed by atoms with E-state index < -0.39 is 0 Å². The number of amides is 1. The van der Waals surface area contributed by atoms with Gasteiger partial charge in [-0.2, -0.15) is 5.10 Å². The lowest BCUT2D eigenvalue weighted by molar-refractivity contribution is -0.112. The molecule has 1 aliphatic rings. The summed E-state index contributed by atoms with van der Waals surface area (Å²) in [6, 6.07) is 10.7. The molecule has 0 aliphatic heterocycles. The number of carbonyl (C=O) groups is 1. The van der Waals surface area contributed by atoms with Gasteiger partial charge in [-0.25, -0.2) is 0 Å². The summed E-state index contributed by atoms with van der Waals surface area (Å²) in [5, 5.41) is 8.84. The number of benzene rings is 1. The number of thioether (sulfide) groups is 1. The van der Waals surface area contributed by atoms with E-state index >= 15 is 0 Å². The molecule has 6 heteroatoms. The smallest absolute Gasteiger partial charge is 0.262 e. The quantitative estimate of drug-likeness (QED) is 0.451. The number of aryl methyl sites for hydroxylation is 1. The van der Waals surface area contributed by atoms with Gasteiger partial charge in [0, 0.05) is 12.2 Å². The molecule has 0 atom stereocenters. The molecule has 1 amide bonds. The van der Waals surface area contributed by atoms with E-state index in [4.69, 9.17) is 5.10 Å². The first-order chi connectivity index (χ1) is 14.5. The van der Waals surface area contributed by atoms with Gasteiger partial charge in [-0.1, -0.05) is 49.2 Å². The lowest BCUT2D eigenvalue weighted by atomic mass is 9.96. The van der Waals surface area contributed by atoms with Crippen LogP contribution in [0, 0.1) is 6.92 Å². The first-order valence-electron chi connectivity index (χ1n) is 10.9. The molecule has 30 heavy (non-hydrogen) atoms. The second-order valence-electron chi connectivity index (χ2n) is 8.32. The van der Waals surface area contributed by atoms with Crippen molar-refractivity contribution in [3.05, 3.63) is 52.6 Å². The van der Waals surface area contributed by atoms with E-state index in [1.54, 1.807) is 0 Å². The number of allylic oxidation sites excluding steroid dienone is 1. The van der Waals surface area contributed by atoms with E-state index in [0.717, 1.165) is 29.4 Å². The number of hydrogen-bond donors (Lipinski definition) is 1. The number of carbonyl (C=O) groups excluding carboxylic acids is 1. The zero-order valence-electron chi connectivity index (χ0n) is 18.6. The summed E-state index contributed by atoms with van der Waals surface area (Å²) in [6.45, 7) is 4.95. The Labute approximate surface area is 184 Å². The molecule has 1 aliphatic carbocycles. The summed E-state index contributed by atoms with van der Waals surface area (Å²) >= 11 is 1.52. The van der Waals surface area contributed by atoms with Crippen LogP contribution in [0.2, 0.25) is 0 Å². The van der Waals surface area contributed by atoms with Crippen molar-refractivity contribution < 1.29 is 4.79 Å². The highest BCUT2D eigenvalue weighted by Crippen LogP contribution is 2.35. The minimum atomic E-state index is -0.0717. The van der Waals surface area contributed by atoms with Gasteiger partial charge in [-0.15, -0.1) is 0 Å². The van der Waals surface area contributed by atoms with E-state index in [9.17, 15) is 4.79 Å². The third kappa shape index (κ3) is 6.22. The Bertz CT molecular complexity index is 864. The third-order valence-electron chi connectivity index (χ3n) is 5.50. The highest BCUT2D eigenvalue weighted by atomic mass is 32.2. The van der Waals surface area contributed by atoms with Crippen molar-refractivity contribution >= 4 is 23.4 Å². The van der Waals surface area contributed by atoms with E-state index in [0.29, 0.717) is 10.9 Å². The number of rotatable bonds is 8. The molecule has 3 rings (SSSR count). The van der Waals surface area contributed by atoms with E-state index in [1.807, 2.05) is 32.1 Å². The number of hydrogen-bond acceptors (Lipinski definition) is 4. The summed E-state index contributed by atoms with van der Waals surface area (Å²) in [4.78, 5) is 15.8. The van der Waals surface area contributed by atoms with Gasteiger partial charge < -0.3 is 10.2 Å². The Morgan fingerprint density at radius 3 is 2.57 bits per heavy atom. The average molecular weight is 427 g/mol. The molecule has 0 unspecified atom stereocenters. The molecule has 0 spiro atoms. The first kappa shape index (κ1) is 22.6. The molecule has 5 nitrogen and oxygen atoms in total. The Balaban J connectivity index is 1.64. The predicted octanol–water partition coefficient (Wildman–Crippen LogP) is 5.44. The van der Waals surface area contributed by atoms with Crippen LogP contribution in [0.15, 0.2) is 46.3 Å².